The molecule has 0 bridgehead atoms. The van der Waals surface area contributed by atoms with Crippen molar-refractivity contribution < 1.29 is 0 Å². The molecule has 1 aromatic carbocycles. The molecule has 2 rings (SSSR count). The third-order valence-corrected chi connectivity index (χ3v) is 4.57. The molecule has 1 aliphatic rings. The lowest BCUT2D eigenvalue weighted by molar-refractivity contribution is 0.357. The van der Waals surface area contributed by atoms with Crippen LogP contribution in [0.3, 0.4) is 0 Å². The van der Waals surface area contributed by atoms with Crippen molar-refractivity contribution >= 4 is 21.6 Å². The highest BCUT2D eigenvalue weighted by atomic mass is 79.9. The summed E-state index contributed by atoms with van der Waals surface area (Å²) in [4.78, 5) is 2.53. The molecule has 0 radical (unpaired) electrons. The van der Waals surface area contributed by atoms with Crippen molar-refractivity contribution in [1.29, 1.82) is 0 Å². The highest BCUT2D eigenvalue weighted by Gasteiger charge is 2.22. The molecule has 0 saturated carbocycles. The zero-order valence-corrected chi connectivity index (χ0v) is 13.8. The third kappa shape index (κ3) is 3.96. The van der Waals surface area contributed by atoms with Crippen molar-refractivity contribution in [2.24, 2.45) is 11.8 Å². The standard InChI is InChI=1S/C16H25BrN2/c1-4-18-9-14-5-6-15(8-16(14)17)19-10-12(2)7-13(3)11-19/h5-6,8,12-13,18H,4,7,9-11H2,1-3H3. The van der Waals surface area contributed by atoms with Crippen LogP contribution in [0.15, 0.2) is 22.7 Å². The lowest BCUT2D eigenvalue weighted by atomic mass is 9.91. The van der Waals surface area contributed by atoms with Gasteiger partial charge in [0.25, 0.3) is 0 Å². The van der Waals surface area contributed by atoms with Crippen LogP contribution in [0.4, 0.5) is 5.69 Å². The summed E-state index contributed by atoms with van der Waals surface area (Å²) in [5.74, 6) is 1.59. The summed E-state index contributed by atoms with van der Waals surface area (Å²) in [6.45, 7) is 11.2. The van der Waals surface area contributed by atoms with E-state index in [9.17, 15) is 0 Å². The number of rotatable bonds is 4. The fourth-order valence-electron chi connectivity index (χ4n) is 3.01. The second-order valence-corrected chi connectivity index (χ2v) is 6.76. The smallest absolute Gasteiger partial charge is 0.0377 e. The number of piperidine rings is 1. The van der Waals surface area contributed by atoms with Gasteiger partial charge in [0, 0.05) is 29.8 Å². The van der Waals surface area contributed by atoms with Crippen LogP contribution in [0.5, 0.6) is 0 Å². The molecule has 0 aliphatic carbocycles. The van der Waals surface area contributed by atoms with E-state index >= 15 is 0 Å². The predicted molar refractivity (Wildman–Crippen MR) is 86.7 cm³/mol. The molecule has 19 heavy (non-hydrogen) atoms. The first-order valence-electron chi connectivity index (χ1n) is 7.34. The predicted octanol–water partition coefficient (Wildman–Crippen LogP) is 4.04. The minimum absolute atomic E-state index is 0.795. The molecule has 106 valence electrons. The first-order chi connectivity index (χ1) is 9.10. The van der Waals surface area contributed by atoms with E-state index in [1.165, 1.54) is 35.2 Å². The maximum atomic E-state index is 3.71. The van der Waals surface area contributed by atoms with Crippen LogP contribution in [0.1, 0.15) is 32.8 Å². The first kappa shape index (κ1) is 14.9. The fraction of sp³-hybridized carbons (Fsp3) is 0.625. The van der Waals surface area contributed by atoms with E-state index in [-0.39, 0.29) is 0 Å². The van der Waals surface area contributed by atoms with Gasteiger partial charge in [0.05, 0.1) is 0 Å². The van der Waals surface area contributed by atoms with Gasteiger partial charge in [0.1, 0.15) is 0 Å². The Morgan fingerprint density at radius 1 is 1.26 bits per heavy atom. The quantitative estimate of drug-likeness (QED) is 0.899. The van der Waals surface area contributed by atoms with Crippen molar-refractivity contribution in [3.05, 3.63) is 28.2 Å². The van der Waals surface area contributed by atoms with Gasteiger partial charge in [0.15, 0.2) is 0 Å². The number of nitrogens with zero attached hydrogens (tertiary/aromatic N) is 1. The van der Waals surface area contributed by atoms with E-state index in [1.807, 2.05) is 0 Å². The molecule has 2 atom stereocenters. The van der Waals surface area contributed by atoms with Crippen LogP contribution in [0.2, 0.25) is 0 Å². The average molecular weight is 325 g/mol. The fourth-order valence-corrected chi connectivity index (χ4v) is 3.52. The topological polar surface area (TPSA) is 15.3 Å². The van der Waals surface area contributed by atoms with Crippen molar-refractivity contribution in [2.75, 3.05) is 24.5 Å². The molecule has 2 unspecified atom stereocenters. The molecular formula is C16H25BrN2. The molecule has 0 aromatic heterocycles. The van der Waals surface area contributed by atoms with E-state index in [2.05, 4.69) is 65.1 Å². The van der Waals surface area contributed by atoms with E-state index in [1.54, 1.807) is 0 Å². The number of hydrogen-bond acceptors (Lipinski definition) is 2. The maximum absolute atomic E-state index is 3.71. The minimum atomic E-state index is 0.795. The van der Waals surface area contributed by atoms with Gasteiger partial charge in [-0.3, -0.25) is 0 Å². The van der Waals surface area contributed by atoms with Gasteiger partial charge in [-0.25, -0.2) is 0 Å². The molecular weight excluding hydrogens is 300 g/mol. The maximum Gasteiger partial charge on any atom is 0.0377 e. The Hall–Kier alpha value is -0.540. The van der Waals surface area contributed by atoms with Crippen LogP contribution in [-0.4, -0.2) is 19.6 Å². The molecule has 0 amide bonds. The second-order valence-electron chi connectivity index (χ2n) is 5.91. The number of benzene rings is 1. The molecule has 1 aliphatic heterocycles. The first-order valence-corrected chi connectivity index (χ1v) is 8.13. The molecule has 0 spiro atoms. The molecule has 1 aromatic rings. The normalized spacial score (nSPS) is 23.7. The Morgan fingerprint density at radius 2 is 1.95 bits per heavy atom. The van der Waals surface area contributed by atoms with Crippen LogP contribution in [0.25, 0.3) is 0 Å². The SMILES string of the molecule is CCNCc1ccc(N2CC(C)CC(C)C2)cc1Br. The van der Waals surface area contributed by atoms with E-state index in [4.69, 9.17) is 0 Å². The highest BCUT2D eigenvalue weighted by molar-refractivity contribution is 9.10. The van der Waals surface area contributed by atoms with E-state index in [0.29, 0.717) is 0 Å². The summed E-state index contributed by atoms with van der Waals surface area (Å²) < 4.78 is 1.22. The Labute approximate surface area is 125 Å². The van der Waals surface area contributed by atoms with Gasteiger partial charge in [-0.1, -0.05) is 42.8 Å². The van der Waals surface area contributed by atoms with Crippen LogP contribution >= 0.6 is 15.9 Å². The minimum Gasteiger partial charge on any atom is -0.371 e. The van der Waals surface area contributed by atoms with Gasteiger partial charge in [-0.05, 0) is 42.5 Å². The Morgan fingerprint density at radius 3 is 2.53 bits per heavy atom. The van der Waals surface area contributed by atoms with Crippen molar-refractivity contribution in [3.8, 4) is 0 Å². The zero-order valence-electron chi connectivity index (χ0n) is 12.2. The lowest BCUT2D eigenvalue weighted by Crippen LogP contribution is -2.38. The van der Waals surface area contributed by atoms with Crippen LogP contribution in [0, 0.1) is 11.8 Å². The molecule has 1 heterocycles. The van der Waals surface area contributed by atoms with Crippen molar-refractivity contribution in [1.82, 2.24) is 5.32 Å². The summed E-state index contributed by atoms with van der Waals surface area (Å²) in [5, 5.41) is 3.37. The Bertz CT molecular complexity index is 409. The van der Waals surface area contributed by atoms with Crippen LogP contribution < -0.4 is 10.2 Å². The number of anilines is 1. The lowest BCUT2D eigenvalue weighted by Gasteiger charge is -2.36. The van der Waals surface area contributed by atoms with E-state index < -0.39 is 0 Å². The summed E-state index contributed by atoms with van der Waals surface area (Å²) >= 11 is 3.71. The zero-order chi connectivity index (χ0) is 13.8. The Kier molecular flexibility index (Phi) is 5.28. The number of halogens is 1. The van der Waals surface area contributed by atoms with Crippen molar-refractivity contribution in [2.45, 2.75) is 33.7 Å². The summed E-state index contributed by atoms with van der Waals surface area (Å²) in [7, 11) is 0. The Balaban J connectivity index is 2.10. The summed E-state index contributed by atoms with van der Waals surface area (Å²) in [6.07, 6.45) is 1.36. The second kappa shape index (κ2) is 6.76. The molecule has 3 heteroatoms. The molecule has 1 N–H and O–H groups in total. The molecule has 1 fully saturated rings. The van der Waals surface area contributed by atoms with Gasteiger partial charge in [-0.2, -0.15) is 0 Å². The van der Waals surface area contributed by atoms with Crippen LogP contribution in [-0.2, 0) is 6.54 Å². The summed E-state index contributed by atoms with van der Waals surface area (Å²) in [6, 6.07) is 6.78. The molecule has 1 saturated heterocycles. The highest BCUT2D eigenvalue weighted by Crippen LogP contribution is 2.29. The monoisotopic (exact) mass is 324 g/mol. The third-order valence-electron chi connectivity index (χ3n) is 3.84. The summed E-state index contributed by atoms with van der Waals surface area (Å²) in [5.41, 5.74) is 2.69. The average Bonchev–Trinajstić information content (AvgIpc) is 2.36. The number of nitrogens with one attached hydrogen (secondary N) is 1. The number of hydrogen-bond donors (Lipinski definition) is 1. The van der Waals surface area contributed by atoms with Gasteiger partial charge >= 0.3 is 0 Å². The van der Waals surface area contributed by atoms with E-state index in [0.717, 1.165) is 24.9 Å². The largest absolute Gasteiger partial charge is 0.371 e. The van der Waals surface area contributed by atoms with Gasteiger partial charge < -0.3 is 10.2 Å². The van der Waals surface area contributed by atoms with Gasteiger partial charge in [-0.15, -0.1) is 0 Å². The van der Waals surface area contributed by atoms with Gasteiger partial charge in [0.2, 0.25) is 0 Å². The molecule has 2 nitrogen and oxygen atoms in total. The van der Waals surface area contributed by atoms with Crippen molar-refractivity contribution in [3.63, 3.8) is 0 Å².